The number of aromatic nitrogens is 2. The Morgan fingerprint density at radius 3 is 2.42 bits per heavy atom. The number of carbonyl (C=O) groups is 1. The summed E-state index contributed by atoms with van der Waals surface area (Å²) in [5.41, 5.74) is 3.36. The maximum absolute atomic E-state index is 12.5. The molecule has 5 heteroatoms. The number of benzene rings is 1. The van der Waals surface area contributed by atoms with E-state index in [1.165, 1.54) is 6.20 Å². The van der Waals surface area contributed by atoms with E-state index in [2.05, 4.69) is 47.9 Å². The van der Waals surface area contributed by atoms with Crippen LogP contribution in [0.3, 0.4) is 0 Å². The van der Waals surface area contributed by atoms with E-state index in [1.807, 2.05) is 25.1 Å². The molecular weight excluding hydrogens is 300 g/mol. The maximum Gasteiger partial charge on any atom is 0.275 e. The summed E-state index contributed by atoms with van der Waals surface area (Å²) >= 11 is 0. The molecule has 0 aliphatic heterocycles. The van der Waals surface area contributed by atoms with Gasteiger partial charge in [-0.2, -0.15) is 0 Å². The molecule has 0 saturated carbocycles. The number of carbonyl (C=O) groups excluding carboxylic acids is 1. The van der Waals surface area contributed by atoms with Gasteiger partial charge in [0.15, 0.2) is 0 Å². The van der Waals surface area contributed by atoms with Gasteiger partial charge in [-0.3, -0.25) is 4.79 Å². The first-order valence-corrected chi connectivity index (χ1v) is 8.45. The fourth-order valence-electron chi connectivity index (χ4n) is 2.67. The lowest BCUT2D eigenvalue weighted by atomic mass is 9.98. The van der Waals surface area contributed by atoms with Crippen LogP contribution >= 0.6 is 0 Å². The summed E-state index contributed by atoms with van der Waals surface area (Å²) in [5.74, 6) is 0.886. The molecule has 1 N–H and O–H groups in total. The summed E-state index contributed by atoms with van der Waals surface area (Å²) in [6.45, 7) is 12.1. The highest BCUT2D eigenvalue weighted by atomic mass is 16.1. The first-order valence-electron chi connectivity index (χ1n) is 8.45. The summed E-state index contributed by atoms with van der Waals surface area (Å²) in [7, 11) is 0. The average molecular weight is 326 g/mol. The molecule has 0 bridgehead atoms. The van der Waals surface area contributed by atoms with Crippen LogP contribution < -0.4 is 10.2 Å². The number of hydrogen-bond acceptors (Lipinski definition) is 4. The molecule has 1 aromatic heterocycles. The molecule has 1 amide bonds. The maximum atomic E-state index is 12.5. The quantitative estimate of drug-likeness (QED) is 0.871. The molecule has 0 aliphatic rings. The number of aryl methyl sites for hydroxylation is 1. The van der Waals surface area contributed by atoms with Crippen molar-refractivity contribution in [2.24, 2.45) is 0 Å². The third-order valence-corrected chi connectivity index (χ3v) is 4.12. The number of rotatable bonds is 6. The highest BCUT2D eigenvalue weighted by Crippen LogP contribution is 2.27. The van der Waals surface area contributed by atoms with E-state index < -0.39 is 0 Å². The van der Waals surface area contributed by atoms with E-state index in [9.17, 15) is 4.79 Å². The second-order valence-electron chi connectivity index (χ2n) is 6.08. The first-order chi connectivity index (χ1) is 11.5. The van der Waals surface area contributed by atoms with Gasteiger partial charge in [0.1, 0.15) is 11.5 Å². The lowest BCUT2D eigenvalue weighted by molar-refractivity contribution is 0.102. The van der Waals surface area contributed by atoms with Gasteiger partial charge >= 0.3 is 0 Å². The van der Waals surface area contributed by atoms with E-state index in [0.717, 1.165) is 35.7 Å². The Hall–Kier alpha value is -2.43. The van der Waals surface area contributed by atoms with Crippen molar-refractivity contribution in [3.63, 3.8) is 0 Å². The molecule has 2 rings (SSSR count). The lowest BCUT2D eigenvalue weighted by Gasteiger charge is -2.19. The molecule has 0 aliphatic carbocycles. The number of anilines is 2. The second-order valence-corrected chi connectivity index (χ2v) is 6.08. The van der Waals surface area contributed by atoms with Crippen LogP contribution in [0.5, 0.6) is 0 Å². The van der Waals surface area contributed by atoms with E-state index in [-0.39, 0.29) is 5.91 Å². The second kappa shape index (κ2) is 7.90. The Morgan fingerprint density at radius 1 is 1.17 bits per heavy atom. The van der Waals surface area contributed by atoms with Crippen molar-refractivity contribution >= 4 is 17.4 Å². The van der Waals surface area contributed by atoms with Crippen LogP contribution in [-0.2, 0) is 0 Å². The summed E-state index contributed by atoms with van der Waals surface area (Å²) in [5, 5.41) is 3.00. The Morgan fingerprint density at radius 2 is 1.88 bits per heavy atom. The van der Waals surface area contributed by atoms with Crippen molar-refractivity contribution in [3.05, 3.63) is 47.4 Å². The topological polar surface area (TPSA) is 58.1 Å². The molecule has 0 unspecified atom stereocenters. The summed E-state index contributed by atoms with van der Waals surface area (Å²) < 4.78 is 0. The van der Waals surface area contributed by atoms with Crippen LogP contribution in [-0.4, -0.2) is 29.0 Å². The van der Waals surface area contributed by atoms with Gasteiger partial charge in [0.25, 0.3) is 5.91 Å². The van der Waals surface area contributed by atoms with Crippen LogP contribution in [0.1, 0.15) is 55.2 Å². The minimum atomic E-state index is -0.232. The van der Waals surface area contributed by atoms with Crippen molar-refractivity contribution in [3.8, 4) is 0 Å². The molecule has 0 radical (unpaired) electrons. The predicted octanol–water partition coefficient (Wildman–Crippen LogP) is 4.01. The van der Waals surface area contributed by atoms with Gasteiger partial charge < -0.3 is 10.2 Å². The zero-order valence-electron chi connectivity index (χ0n) is 15.1. The zero-order valence-corrected chi connectivity index (χ0v) is 15.1. The largest absolute Gasteiger partial charge is 0.356 e. The number of nitrogens with zero attached hydrogens (tertiary/aromatic N) is 3. The van der Waals surface area contributed by atoms with Crippen molar-refractivity contribution in [1.29, 1.82) is 0 Å². The summed E-state index contributed by atoms with van der Waals surface area (Å²) in [6.07, 6.45) is 3.19. The summed E-state index contributed by atoms with van der Waals surface area (Å²) in [4.78, 5) is 23.3. The highest BCUT2D eigenvalue weighted by molar-refractivity contribution is 6.03. The number of para-hydroxylation sites is 1. The first kappa shape index (κ1) is 17.9. The SMILES string of the molecule is CCN(CC)c1cnc(C(=O)Nc2c(C)cccc2C(C)C)cn1. The van der Waals surface area contributed by atoms with Gasteiger partial charge in [-0.25, -0.2) is 9.97 Å². The van der Waals surface area contributed by atoms with Gasteiger partial charge in [-0.05, 0) is 37.8 Å². The van der Waals surface area contributed by atoms with Gasteiger partial charge in [-0.1, -0.05) is 32.0 Å². The molecule has 0 saturated heterocycles. The summed E-state index contributed by atoms with van der Waals surface area (Å²) in [6, 6.07) is 6.05. The molecule has 5 nitrogen and oxygen atoms in total. The van der Waals surface area contributed by atoms with E-state index in [1.54, 1.807) is 6.20 Å². The normalized spacial score (nSPS) is 10.8. The Bertz CT molecular complexity index is 691. The fraction of sp³-hybridized carbons (Fsp3) is 0.421. The van der Waals surface area contributed by atoms with E-state index in [4.69, 9.17) is 0 Å². The van der Waals surface area contributed by atoms with Gasteiger partial charge in [0, 0.05) is 18.8 Å². The number of nitrogens with one attached hydrogen (secondary N) is 1. The molecule has 2 aromatic rings. The smallest absolute Gasteiger partial charge is 0.275 e. The average Bonchev–Trinajstić information content (AvgIpc) is 2.58. The minimum absolute atomic E-state index is 0.232. The van der Waals surface area contributed by atoms with Crippen LogP contribution in [0, 0.1) is 6.92 Å². The van der Waals surface area contributed by atoms with Crippen molar-refractivity contribution in [2.45, 2.75) is 40.5 Å². The Balaban J connectivity index is 2.22. The van der Waals surface area contributed by atoms with Gasteiger partial charge in [0.05, 0.1) is 12.4 Å². The lowest BCUT2D eigenvalue weighted by Crippen LogP contribution is -2.24. The van der Waals surface area contributed by atoms with Crippen LogP contribution in [0.25, 0.3) is 0 Å². The standard InChI is InChI=1S/C19H26N4O/c1-6-23(7-2)17-12-20-16(11-21-17)19(24)22-18-14(5)9-8-10-15(18)13(3)4/h8-13H,6-7H2,1-5H3,(H,22,24). The minimum Gasteiger partial charge on any atom is -0.356 e. The fourth-order valence-corrected chi connectivity index (χ4v) is 2.67. The van der Waals surface area contributed by atoms with Crippen LogP contribution in [0.4, 0.5) is 11.5 Å². The van der Waals surface area contributed by atoms with Gasteiger partial charge in [0.2, 0.25) is 0 Å². The van der Waals surface area contributed by atoms with E-state index >= 15 is 0 Å². The molecule has 0 atom stereocenters. The van der Waals surface area contributed by atoms with Crippen molar-refractivity contribution < 1.29 is 4.79 Å². The Kier molecular flexibility index (Phi) is 5.90. The molecule has 24 heavy (non-hydrogen) atoms. The predicted molar refractivity (Wildman–Crippen MR) is 98.8 cm³/mol. The molecule has 0 spiro atoms. The zero-order chi connectivity index (χ0) is 17.7. The van der Waals surface area contributed by atoms with Gasteiger partial charge in [-0.15, -0.1) is 0 Å². The molecule has 1 heterocycles. The third kappa shape index (κ3) is 3.91. The monoisotopic (exact) mass is 326 g/mol. The molecule has 0 fully saturated rings. The Labute approximate surface area is 144 Å². The number of hydrogen-bond donors (Lipinski definition) is 1. The third-order valence-electron chi connectivity index (χ3n) is 4.12. The molecule has 128 valence electrons. The van der Waals surface area contributed by atoms with Crippen LogP contribution in [0.15, 0.2) is 30.6 Å². The number of amides is 1. The van der Waals surface area contributed by atoms with Crippen LogP contribution in [0.2, 0.25) is 0 Å². The van der Waals surface area contributed by atoms with Crippen molar-refractivity contribution in [1.82, 2.24) is 9.97 Å². The van der Waals surface area contributed by atoms with E-state index in [0.29, 0.717) is 11.6 Å². The molecule has 1 aromatic carbocycles. The molecular formula is C19H26N4O. The highest BCUT2D eigenvalue weighted by Gasteiger charge is 2.15. The van der Waals surface area contributed by atoms with Crippen molar-refractivity contribution in [2.75, 3.05) is 23.3 Å².